The first-order valence-corrected chi connectivity index (χ1v) is 7.03. The average Bonchev–Trinajstić information content (AvgIpc) is 2.81. The highest BCUT2D eigenvalue weighted by Crippen LogP contribution is 2.20. The second-order valence-corrected chi connectivity index (χ2v) is 6.07. The topological polar surface area (TPSA) is 92.1 Å². The fourth-order valence-corrected chi connectivity index (χ4v) is 2.08. The molecule has 2 heterocycles. The van der Waals surface area contributed by atoms with E-state index >= 15 is 0 Å². The molecule has 1 aliphatic rings. The first-order chi connectivity index (χ1) is 9.52. The van der Waals surface area contributed by atoms with Crippen molar-refractivity contribution in [3.05, 3.63) is 11.9 Å². The summed E-state index contributed by atoms with van der Waals surface area (Å²) in [5.41, 5.74) is 0.321. The minimum absolute atomic E-state index is 0.0354. The zero-order valence-corrected chi connectivity index (χ0v) is 12.1. The zero-order chi connectivity index (χ0) is 14.6. The maximum atomic E-state index is 12.0. The van der Waals surface area contributed by atoms with Crippen molar-refractivity contribution < 1.29 is 9.90 Å². The Bertz CT molecular complexity index is 453. The van der Waals surface area contributed by atoms with Gasteiger partial charge in [-0.15, -0.1) is 5.10 Å². The summed E-state index contributed by atoms with van der Waals surface area (Å²) in [5.74, 6) is -0.194. The summed E-state index contributed by atoms with van der Waals surface area (Å²) < 4.78 is 1.74. The summed E-state index contributed by atoms with van der Waals surface area (Å²) in [6.45, 7) is 6.63. The Morgan fingerprint density at radius 2 is 2.35 bits per heavy atom. The van der Waals surface area contributed by atoms with Gasteiger partial charge >= 0.3 is 0 Å². The van der Waals surface area contributed by atoms with Gasteiger partial charge in [-0.1, -0.05) is 19.1 Å². The standard InChI is InChI=1S/C13H23N5O2/c1-13(2,4-3-5-19)9-15-12(20)11-8-18(17-16-11)10-6-14-7-10/h8,10,14,19H,3-7,9H2,1-2H3,(H,15,20). The normalized spacial score (nSPS) is 15.9. The summed E-state index contributed by atoms with van der Waals surface area (Å²) in [6, 6.07) is 0.310. The van der Waals surface area contributed by atoms with Crippen LogP contribution in [0.4, 0.5) is 0 Å². The van der Waals surface area contributed by atoms with Crippen molar-refractivity contribution in [2.45, 2.75) is 32.7 Å². The van der Waals surface area contributed by atoms with E-state index in [1.165, 1.54) is 0 Å². The number of nitrogens with zero attached hydrogens (tertiary/aromatic N) is 3. The number of nitrogens with one attached hydrogen (secondary N) is 2. The van der Waals surface area contributed by atoms with Crippen LogP contribution in [0.1, 0.15) is 43.2 Å². The summed E-state index contributed by atoms with van der Waals surface area (Å²) in [7, 11) is 0. The highest BCUT2D eigenvalue weighted by molar-refractivity contribution is 5.91. The van der Waals surface area contributed by atoms with Crippen LogP contribution in [-0.4, -0.2) is 52.2 Å². The van der Waals surface area contributed by atoms with Crippen molar-refractivity contribution in [2.24, 2.45) is 5.41 Å². The van der Waals surface area contributed by atoms with E-state index < -0.39 is 0 Å². The Balaban J connectivity index is 1.83. The fourth-order valence-electron chi connectivity index (χ4n) is 2.08. The van der Waals surface area contributed by atoms with Crippen LogP contribution in [0.25, 0.3) is 0 Å². The molecule has 1 aliphatic heterocycles. The Morgan fingerprint density at radius 3 is 2.95 bits per heavy atom. The molecule has 1 amide bonds. The van der Waals surface area contributed by atoms with E-state index in [0.717, 1.165) is 25.9 Å². The van der Waals surface area contributed by atoms with Crippen molar-refractivity contribution >= 4 is 5.91 Å². The second kappa shape index (κ2) is 6.32. The number of aliphatic hydroxyl groups is 1. The first-order valence-electron chi connectivity index (χ1n) is 7.03. The van der Waals surface area contributed by atoms with Crippen molar-refractivity contribution in [1.82, 2.24) is 25.6 Å². The third-order valence-electron chi connectivity index (χ3n) is 3.62. The highest BCUT2D eigenvalue weighted by atomic mass is 16.2. The molecule has 1 aromatic rings. The molecule has 1 saturated heterocycles. The van der Waals surface area contributed by atoms with Crippen molar-refractivity contribution in [3.8, 4) is 0 Å². The monoisotopic (exact) mass is 281 g/mol. The number of amides is 1. The lowest BCUT2D eigenvalue weighted by molar-refractivity contribution is 0.0928. The Kier molecular flexibility index (Phi) is 4.72. The van der Waals surface area contributed by atoms with Crippen LogP contribution in [0.2, 0.25) is 0 Å². The maximum Gasteiger partial charge on any atom is 0.273 e. The van der Waals surface area contributed by atoms with Crippen molar-refractivity contribution in [2.75, 3.05) is 26.2 Å². The SMILES string of the molecule is CC(C)(CCCO)CNC(=O)c1cn(C2CNC2)nn1. The lowest BCUT2D eigenvalue weighted by Gasteiger charge is -2.26. The minimum Gasteiger partial charge on any atom is -0.396 e. The molecule has 0 bridgehead atoms. The molecule has 0 aliphatic carbocycles. The molecule has 112 valence electrons. The molecular formula is C13H23N5O2. The average molecular weight is 281 g/mol. The lowest BCUT2D eigenvalue weighted by atomic mass is 9.88. The molecule has 1 fully saturated rings. The number of hydrogen-bond donors (Lipinski definition) is 3. The predicted molar refractivity (Wildman–Crippen MR) is 74.4 cm³/mol. The van der Waals surface area contributed by atoms with E-state index in [2.05, 4.69) is 34.8 Å². The predicted octanol–water partition coefficient (Wildman–Crippen LogP) is -0.0491. The van der Waals surface area contributed by atoms with Crippen LogP contribution < -0.4 is 10.6 Å². The van der Waals surface area contributed by atoms with Gasteiger partial charge in [0.25, 0.3) is 5.91 Å². The smallest absolute Gasteiger partial charge is 0.273 e. The number of aromatic nitrogens is 3. The molecule has 20 heavy (non-hydrogen) atoms. The number of hydrogen-bond acceptors (Lipinski definition) is 5. The largest absolute Gasteiger partial charge is 0.396 e. The van der Waals surface area contributed by atoms with E-state index in [1.807, 2.05) is 0 Å². The number of carbonyl (C=O) groups is 1. The Morgan fingerprint density at radius 1 is 1.60 bits per heavy atom. The molecule has 0 aromatic carbocycles. The third kappa shape index (κ3) is 3.77. The summed E-state index contributed by atoms with van der Waals surface area (Å²) >= 11 is 0. The number of carbonyl (C=O) groups excluding carboxylic acids is 1. The van der Waals surface area contributed by atoms with Crippen LogP contribution in [-0.2, 0) is 0 Å². The van der Waals surface area contributed by atoms with Gasteiger partial charge in [-0.25, -0.2) is 4.68 Å². The van der Waals surface area contributed by atoms with Crippen LogP contribution in [0.15, 0.2) is 6.20 Å². The summed E-state index contributed by atoms with van der Waals surface area (Å²) in [6.07, 6.45) is 3.31. The van der Waals surface area contributed by atoms with E-state index in [0.29, 0.717) is 18.3 Å². The molecule has 0 saturated carbocycles. The lowest BCUT2D eigenvalue weighted by Crippen LogP contribution is -2.43. The molecule has 1 aromatic heterocycles. The van der Waals surface area contributed by atoms with Crippen LogP contribution in [0.5, 0.6) is 0 Å². The van der Waals surface area contributed by atoms with Gasteiger partial charge < -0.3 is 15.7 Å². The minimum atomic E-state index is -0.194. The molecule has 2 rings (SSSR count). The van der Waals surface area contributed by atoms with Gasteiger partial charge in [-0.2, -0.15) is 0 Å². The molecule has 0 spiro atoms. The molecule has 0 unspecified atom stereocenters. The molecule has 0 radical (unpaired) electrons. The second-order valence-electron chi connectivity index (χ2n) is 6.07. The Labute approximate surface area is 118 Å². The third-order valence-corrected chi connectivity index (χ3v) is 3.62. The highest BCUT2D eigenvalue weighted by Gasteiger charge is 2.23. The van der Waals surface area contributed by atoms with Gasteiger partial charge in [-0.05, 0) is 18.3 Å². The zero-order valence-electron chi connectivity index (χ0n) is 12.1. The van der Waals surface area contributed by atoms with Crippen LogP contribution in [0, 0.1) is 5.41 Å². The Hall–Kier alpha value is -1.47. The number of aliphatic hydroxyl groups excluding tert-OH is 1. The quantitative estimate of drug-likeness (QED) is 0.652. The first kappa shape index (κ1) is 14.9. The van der Waals surface area contributed by atoms with Gasteiger partial charge in [0.2, 0.25) is 0 Å². The summed E-state index contributed by atoms with van der Waals surface area (Å²) in [4.78, 5) is 12.0. The molecule has 7 heteroatoms. The molecule has 0 atom stereocenters. The molecular weight excluding hydrogens is 258 g/mol. The van der Waals surface area contributed by atoms with Gasteiger partial charge in [0, 0.05) is 26.2 Å². The van der Waals surface area contributed by atoms with Gasteiger partial charge in [0.1, 0.15) is 0 Å². The van der Waals surface area contributed by atoms with Gasteiger partial charge in [-0.3, -0.25) is 4.79 Å². The molecule has 3 N–H and O–H groups in total. The van der Waals surface area contributed by atoms with Crippen molar-refractivity contribution in [3.63, 3.8) is 0 Å². The van der Waals surface area contributed by atoms with Gasteiger partial charge in [0.15, 0.2) is 5.69 Å². The summed E-state index contributed by atoms with van der Waals surface area (Å²) in [5, 5.41) is 22.8. The van der Waals surface area contributed by atoms with E-state index in [-0.39, 0.29) is 17.9 Å². The van der Waals surface area contributed by atoms with Crippen LogP contribution >= 0.6 is 0 Å². The maximum absolute atomic E-state index is 12.0. The molecule has 7 nitrogen and oxygen atoms in total. The van der Waals surface area contributed by atoms with Crippen molar-refractivity contribution in [1.29, 1.82) is 0 Å². The van der Waals surface area contributed by atoms with Crippen LogP contribution in [0.3, 0.4) is 0 Å². The fraction of sp³-hybridized carbons (Fsp3) is 0.769. The van der Waals surface area contributed by atoms with E-state index in [9.17, 15) is 4.79 Å². The van der Waals surface area contributed by atoms with Gasteiger partial charge in [0.05, 0.1) is 12.2 Å². The van der Waals surface area contributed by atoms with E-state index in [4.69, 9.17) is 5.11 Å². The van der Waals surface area contributed by atoms with E-state index in [1.54, 1.807) is 10.9 Å². The number of rotatable bonds is 7.